The first-order valence-electron chi connectivity index (χ1n) is 10.2. The molecule has 132 valence electrons. The summed E-state index contributed by atoms with van der Waals surface area (Å²) in [6.45, 7) is 1.23. The molecule has 0 aromatic carbocycles. The average Bonchev–Trinajstić information content (AvgIpc) is 2.31. The van der Waals surface area contributed by atoms with Gasteiger partial charge < -0.3 is 5.11 Å². The monoisotopic (exact) mass is 331 g/mol. The van der Waals surface area contributed by atoms with Crippen LogP contribution in [0.5, 0.6) is 0 Å². The molecule has 5 heteroatoms. The van der Waals surface area contributed by atoms with Gasteiger partial charge in [-0.15, -0.1) is 0 Å². The molecular formula is C19H29N3O2. The van der Waals surface area contributed by atoms with Gasteiger partial charge in [-0.05, 0) is 77.0 Å². The Bertz CT molecular complexity index is 588. The number of nitrogens with zero attached hydrogens (tertiary/aromatic N) is 3. The Morgan fingerprint density at radius 3 is 1.79 bits per heavy atom. The summed E-state index contributed by atoms with van der Waals surface area (Å²) in [4.78, 5) is 14.6. The lowest BCUT2D eigenvalue weighted by Gasteiger charge is -2.78. The van der Waals surface area contributed by atoms with Gasteiger partial charge in [0.25, 0.3) is 0 Å². The fraction of sp³-hybridized carbons (Fsp3) is 0.947. The Morgan fingerprint density at radius 2 is 1.38 bits per heavy atom. The zero-order valence-corrected chi connectivity index (χ0v) is 14.5. The number of hydrogen-bond acceptors (Lipinski definition) is 4. The third kappa shape index (κ3) is 1.48. The van der Waals surface area contributed by atoms with E-state index < -0.39 is 5.97 Å². The molecule has 6 rings (SSSR count). The van der Waals surface area contributed by atoms with Gasteiger partial charge in [-0.25, -0.2) is 10.0 Å². The van der Waals surface area contributed by atoms with Crippen LogP contribution in [-0.4, -0.2) is 61.4 Å². The highest BCUT2D eigenvalue weighted by molar-refractivity contribution is 5.75. The van der Waals surface area contributed by atoms with Crippen LogP contribution in [0, 0.1) is 0 Å². The highest BCUT2D eigenvalue weighted by Gasteiger charge is 2.70. The van der Waals surface area contributed by atoms with Crippen molar-refractivity contribution in [1.29, 1.82) is 0 Å². The van der Waals surface area contributed by atoms with Crippen LogP contribution in [0.4, 0.5) is 0 Å². The second kappa shape index (κ2) is 4.36. The number of aliphatic carboxylic acids is 1. The number of likely N-dealkylation sites (tertiary alicyclic amines) is 1. The molecule has 3 saturated heterocycles. The van der Waals surface area contributed by atoms with Gasteiger partial charge in [0.1, 0.15) is 6.04 Å². The van der Waals surface area contributed by atoms with Crippen molar-refractivity contribution in [3.63, 3.8) is 0 Å². The van der Waals surface area contributed by atoms with Gasteiger partial charge in [0, 0.05) is 23.2 Å². The number of hydrazine groups is 1. The Morgan fingerprint density at radius 1 is 0.792 bits per heavy atom. The van der Waals surface area contributed by atoms with Gasteiger partial charge in [-0.3, -0.25) is 9.69 Å². The maximum absolute atomic E-state index is 11.9. The standard InChI is InChI=1S/C19H29N3O2/c23-16(24)14-12-18(6-2-7-18)21(14)22-15(13-19(22)8-3-9-19)20-11-10-17(20)4-1-5-17/h14-15H,1-13H2,(H,23,24). The van der Waals surface area contributed by atoms with Gasteiger partial charge >= 0.3 is 5.97 Å². The fourth-order valence-electron chi connectivity index (χ4n) is 6.85. The molecule has 0 bridgehead atoms. The quantitative estimate of drug-likeness (QED) is 0.861. The third-order valence-corrected chi connectivity index (χ3v) is 8.84. The van der Waals surface area contributed by atoms with Crippen molar-refractivity contribution in [2.75, 3.05) is 6.54 Å². The van der Waals surface area contributed by atoms with Crippen LogP contribution in [0.2, 0.25) is 0 Å². The number of rotatable bonds is 3. The van der Waals surface area contributed by atoms with Crippen LogP contribution >= 0.6 is 0 Å². The van der Waals surface area contributed by atoms with E-state index in [0.29, 0.717) is 17.2 Å². The molecule has 24 heavy (non-hydrogen) atoms. The lowest BCUT2D eigenvalue weighted by atomic mass is 9.60. The van der Waals surface area contributed by atoms with E-state index in [-0.39, 0.29) is 11.6 Å². The van der Waals surface area contributed by atoms with E-state index in [4.69, 9.17) is 0 Å². The molecule has 0 aromatic heterocycles. The minimum atomic E-state index is -0.602. The van der Waals surface area contributed by atoms with Crippen molar-refractivity contribution in [1.82, 2.24) is 14.9 Å². The molecule has 6 aliphatic rings. The SMILES string of the molecule is O=C(O)C1CC2(CCC2)N1N1C(N2CCC23CCC3)CC12CCC2. The fourth-order valence-corrected chi connectivity index (χ4v) is 6.85. The first kappa shape index (κ1) is 14.5. The van der Waals surface area contributed by atoms with E-state index in [1.54, 1.807) is 0 Å². The Kier molecular flexibility index (Phi) is 2.64. The van der Waals surface area contributed by atoms with Crippen molar-refractivity contribution in [3.05, 3.63) is 0 Å². The average molecular weight is 331 g/mol. The zero-order valence-electron chi connectivity index (χ0n) is 14.5. The van der Waals surface area contributed by atoms with Gasteiger partial charge in [-0.1, -0.05) is 0 Å². The van der Waals surface area contributed by atoms with Crippen LogP contribution < -0.4 is 0 Å². The van der Waals surface area contributed by atoms with Gasteiger partial charge in [-0.2, -0.15) is 0 Å². The van der Waals surface area contributed by atoms with Crippen molar-refractivity contribution in [3.8, 4) is 0 Å². The normalized spacial score (nSPS) is 41.7. The third-order valence-electron chi connectivity index (χ3n) is 8.84. The van der Waals surface area contributed by atoms with E-state index in [1.165, 1.54) is 77.2 Å². The highest BCUT2D eigenvalue weighted by atomic mass is 16.4. The summed E-state index contributed by atoms with van der Waals surface area (Å²) in [5.74, 6) is -0.602. The highest BCUT2D eigenvalue weighted by Crippen LogP contribution is 2.62. The molecule has 0 radical (unpaired) electrons. The Hall–Kier alpha value is -0.650. The van der Waals surface area contributed by atoms with Crippen molar-refractivity contribution < 1.29 is 9.90 Å². The van der Waals surface area contributed by atoms with Crippen LogP contribution in [0.1, 0.15) is 77.0 Å². The molecule has 0 aromatic rings. The summed E-state index contributed by atoms with van der Waals surface area (Å²) in [7, 11) is 0. The summed E-state index contributed by atoms with van der Waals surface area (Å²) >= 11 is 0. The van der Waals surface area contributed by atoms with Crippen molar-refractivity contribution in [2.24, 2.45) is 0 Å². The Balaban J connectivity index is 1.32. The van der Waals surface area contributed by atoms with E-state index in [0.717, 1.165) is 6.42 Å². The van der Waals surface area contributed by atoms with E-state index >= 15 is 0 Å². The summed E-state index contributed by atoms with van der Waals surface area (Å²) in [6.07, 6.45) is 15.8. The molecule has 0 amide bonds. The Labute approximate surface area is 143 Å². The van der Waals surface area contributed by atoms with Crippen LogP contribution in [0.3, 0.4) is 0 Å². The van der Waals surface area contributed by atoms with Crippen molar-refractivity contribution in [2.45, 2.75) is 106 Å². The summed E-state index contributed by atoms with van der Waals surface area (Å²) in [5, 5.41) is 14.8. The number of carboxylic acids is 1. The maximum Gasteiger partial charge on any atom is 0.322 e. The smallest absolute Gasteiger partial charge is 0.322 e. The first-order valence-corrected chi connectivity index (χ1v) is 10.2. The predicted molar refractivity (Wildman–Crippen MR) is 89.2 cm³/mol. The van der Waals surface area contributed by atoms with Gasteiger partial charge in [0.2, 0.25) is 0 Å². The number of carboxylic acid groups (broad SMARTS) is 1. The molecule has 3 saturated carbocycles. The van der Waals surface area contributed by atoms with E-state index in [9.17, 15) is 9.90 Å². The summed E-state index contributed by atoms with van der Waals surface area (Å²) in [5.41, 5.74) is 1.04. The zero-order chi connectivity index (χ0) is 16.2. The molecule has 6 fully saturated rings. The molecular weight excluding hydrogens is 302 g/mol. The molecule has 3 aliphatic carbocycles. The summed E-state index contributed by atoms with van der Waals surface area (Å²) < 4.78 is 0. The maximum atomic E-state index is 11.9. The minimum Gasteiger partial charge on any atom is -0.480 e. The predicted octanol–water partition coefficient (Wildman–Crippen LogP) is 2.57. The van der Waals surface area contributed by atoms with E-state index in [1.807, 2.05) is 0 Å². The second-order valence-electron chi connectivity index (χ2n) is 9.61. The number of carbonyl (C=O) groups is 1. The molecule has 5 nitrogen and oxygen atoms in total. The molecule has 3 spiro atoms. The largest absolute Gasteiger partial charge is 0.480 e. The minimum absolute atomic E-state index is 0.210. The number of hydrogen-bond donors (Lipinski definition) is 1. The van der Waals surface area contributed by atoms with Gasteiger partial charge in [0.15, 0.2) is 0 Å². The molecule has 3 heterocycles. The van der Waals surface area contributed by atoms with E-state index in [2.05, 4.69) is 14.9 Å². The topological polar surface area (TPSA) is 47.0 Å². The first-order chi connectivity index (χ1) is 11.6. The molecule has 1 N–H and O–H groups in total. The second-order valence-corrected chi connectivity index (χ2v) is 9.61. The van der Waals surface area contributed by atoms with Crippen LogP contribution in [0.25, 0.3) is 0 Å². The van der Waals surface area contributed by atoms with Gasteiger partial charge in [0.05, 0.1) is 6.17 Å². The molecule has 2 atom stereocenters. The molecule has 2 unspecified atom stereocenters. The van der Waals surface area contributed by atoms with Crippen LogP contribution in [-0.2, 0) is 4.79 Å². The van der Waals surface area contributed by atoms with Crippen LogP contribution in [0.15, 0.2) is 0 Å². The summed E-state index contributed by atoms with van der Waals surface area (Å²) in [6, 6.07) is -0.260. The lowest BCUT2D eigenvalue weighted by molar-refractivity contribution is -0.380. The molecule has 3 aliphatic heterocycles. The lowest BCUT2D eigenvalue weighted by Crippen LogP contribution is -2.89. The van der Waals surface area contributed by atoms with Crippen molar-refractivity contribution >= 4 is 5.97 Å².